The fourth-order valence-corrected chi connectivity index (χ4v) is 3.29. The van der Waals surface area contributed by atoms with E-state index in [1.165, 1.54) is 5.56 Å². The first-order valence-electron chi connectivity index (χ1n) is 8.09. The Bertz CT molecular complexity index is 448. The fraction of sp³-hybridized carbons (Fsp3) is 0.588. The Labute approximate surface area is 127 Å². The van der Waals surface area contributed by atoms with Crippen molar-refractivity contribution in [3.63, 3.8) is 0 Å². The summed E-state index contributed by atoms with van der Waals surface area (Å²) in [5, 5.41) is 3.34. The molecule has 2 fully saturated rings. The Morgan fingerprint density at radius 2 is 1.90 bits per heavy atom. The van der Waals surface area contributed by atoms with Crippen molar-refractivity contribution >= 4 is 5.91 Å². The van der Waals surface area contributed by atoms with Gasteiger partial charge in [-0.15, -0.1) is 0 Å². The minimum Gasteiger partial charge on any atom is -0.340 e. The van der Waals surface area contributed by atoms with Crippen LogP contribution in [0.3, 0.4) is 0 Å². The summed E-state index contributed by atoms with van der Waals surface area (Å²) < 4.78 is 0. The number of piperidine rings is 1. The molecular weight excluding hydrogens is 262 g/mol. The van der Waals surface area contributed by atoms with Crippen molar-refractivity contribution in [1.29, 1.82) is 0 Å². The molecule has 0 unspecified atom stereocenters. The molecule has 114 valence electrons. The van der Waals surface area contributed by atoms with Crippen molar-refractivity contribution in [2.45, 2.75) is 19.4 Å². The summed E-state index contributed by atoms with van der Waals surface area (Å²) in [6.07, 6.45) is 2.18. The van der Waals surface area contributed by atoms with Crippen LogP contribution in [0, 0.1) is 5.92 Å². The molecule has 4 nitrogen and oxygen atoms in total. The van der Waals surface area contributed by atoms with Crippen molar-refractivity contribution in [1.82, 2.24) is 15.1 Å². The fourth-order valence-electron chi connectivity index (χ4n) is 3.29. The third-order valence-corrected chi connectivity index (χ3v) is 4.58. The van der Waals surface area contributed by atoms with Crippen molar-refractivity contribution in [3.05, 3.63) is 35.9 Å². The molecule has 2 aliphatic rings. The number of benzene rings is 1. The molecule has 2 heterocycles. The molecule has 0 spiro atoms. The number of carbonyl (C=O) groups excluding carboxylic acids is 1. The van der Waals surface area contributed by atoms with Gasteiger partial charge in [-0.2, -0.15) is 0 Å². The van der Waals surface area contributed by atoms with Gasteiger partial charge in [0.05, 0.1) is 5.92 Å². The molecule has 0 radical (unpaired) electrons. The van der Waals surface area contributed by atoms with Crippen LogP contribution in [0.15, 0.2) is 30.3 Å². The zero-order valence-corrected chi connectivity index (χ0v) is 12.6. The summed E-state index contributed by atoms with van der Waals surface area (Å²) in [6, 6.07) is 10.6. The lowest BCUT2D eigenvalue weighted by atomic mass is 9.98. The number of carbonyl (C=O) groups is 1. The Kier molecular flexibility index (Phi) is 4.88. The van der Waals surface area contributed by atoms with Gasteiger partial charge < -0.3 is 10.2 Å². The SMILES string of the molecule is O=C([C@H]1CCCNC1)N1CCN(Cc2ccccc2)CC1. The van der Waals surface area contributed by atoms with E-state index in [2.05, 4.69) is 45.4 Å². The minimum absolute atomic E-state index is 0.208. The lowest BCUT2D eigenvalue weighted by Gasteiger charge is -2.37. The zero-order valence-electron chi connectivity index (χ0n) is 12.6. The molecule has 21 heavy (non-hydrogen) atoms. The van der Waals surface area contributed by atoms with Crippen LogP contribution in [-0.2, 0) is 11.3 Å². The summed E-state index contributed by atoms with van der Waals surface area (Å²) in [6.45, 7) is 6.65. The number of hydrogen-bond donors (Lipinski definition) is 1. The van der Waals surface area contributed by atoms with Crippen molar-refractivity contribution in [3.8, 4) is 0 Å². The van der Waals surface area contributed by atoms with Crippen LogP contribution in [-0.4, -0.2) is 55.0 Å². The molecule has 4 heteroatoms. The van der Waals surface area contributed by atoms with Crippen molar-refractivity contribution in [2.75, 3.05) is 39.3 Å². The van der Waals surface area contributed by atoms with Crippen LogP contribution in [0.5, 0.6) is 0 Å². The Morgan fingerprint density at radius 1 is 1.14 bits per heavy atom. The first-order valence-corrected chi connectivity index (χ1v) is 8.09. The van der Waals surface area contributed by atoms with Gasteiger partial charge in [0.2, 0.25) is 5.91 Å². The Morgan fingerprint density at radius 3 is 2.57 bits per heavy atom. The molecule has 0 saturated carbocycles. The van der Waals surface area contributed by atoms with Crippen LogP contribution in [0.25, 0.3) is 0 Å². The average molecular weight is 287 g/mol. The van der Waals surface area contributed by atoms with Gasteiger partial charge in [0, 0.05) is 39.3 Å². The standard InChI is InChI=1S/C17H25N3O/c21-17(16-7-4-8-18-13-16)20-11-9-19(10-12-20)14-15-5-2-1-3-6-15/h1-3,5-6,16,18H,4,7-14H2/t16-/m0/s1. The van der Waals surface area contributed by atoms with E-state index in [0.717, 1.165) is 58.7 Å². The van der Waals surface area contributed by atoms with Crippen molar-refractivity contribution < 1.29 is 4.79 Å². The number of amides is 1. The molecule has 0 aliphatic carbocycles. The van der Waals surface area contributed by atoms with Gasteiger partial charge in [-0.3, -0.25) is 9.69 Å². The molecule has 0 aromatic heterocycles. The quantitative estimate of drug-likeness (QED) is 0.911. The maximum atomic E-state index is 12.5. The topological polar surface area (TPSA) is 35.6 Å². The van der Waals surface area contributed by atoms with E-state index in [0.29, 0.717) is 5.91 Å². The highest BCUT2D eigenvalue weighted by molar-refractivity contribution is 5.79. The lowest BCUT2D eigenvalue weighted by molar-refractivity contribution is -0.137. The Balaban J connectivity index is 1.47. The largest absolute Gasteiger partial charge is 0.340 e. The molecular formula is C17H25N3O. The van der Waals surface area contributed by atoms with Gasteiger partial charge in [0.15, 0.2) is 0 Å². The summed E-state index contributed by atoms with van der Waals surface area (Å²) in [5.74, 6) is 0.570. The van der Waals surface area contributed by atoms with Crippen molar-refractivity contribution in [2.24, 2.45) is 5.92 Å². The highest BCUT2D eigenvalue weighted by Crippen LogP contribution is 2.16. The normalized spacial score (nSPS) is 24.0. The first-order chi connectivity index (χ1) is 10.3. The van der Waals surface area contributed by atoms with Gasteiger partial charge in [-0.1, -0.05) is 30.3 Å². The number of piperazine rings is 1. The van der Waals surface area contributed by atoms with Crippen LogP contribution in [0.4, 0.5) is 0 Å². The van der Waals surface area contributed by atoms with E-state index in [1.54, 1.807) is 0 Å². The third kappa shape index (κ3) is 3.83. The van der Waals surface area contributed by atoms with Gasteiger partial charge in [-0.25, -0.2) is 0 Å². The molecule has 1 atom stereocenters. The van der Waals surface area contributed by atoms with Gasteiger partial charge >= 0.3 is 0 Å². The summed E-state index contributed by atoms with van der Waals surface area (Å²) in [7, 11) is 0. The smallest absolute Gasteiger partial charge is 0.227 e. The molecule has 1 aromatic carbocycles. The van der Waals surface area contributed by atoms with E-state index in [4.69, 9.17) is 0 Å². The predicted molar refractivity (Wildman–Crippen MR) is 83.9 cm³/mol. The molecule has 1 amide bonds. The molecule has 1 aromatic rings. The van der Waals surface area contributed by atoms with E-state index in [9.17, 15) is 4.79 Å². The Hall–Kier alpha value is -1.39. The zero-order chi connectivity index (χ0) is 14.5. The molecule has 3 rings (SSSR count). The second-order valence-electron chi connectivity index (χ2n) is 6.13. The van der Waals surface area contributed by atoms with Crippen LogP contribution < -0.4 is 5.32 Å². The second kappa shape index (κ2) is 7.05. The molecule has 1 N–H and O–H groups in total. The van der Waals surface area contributed by atoms with Crippen LogP contribution in [0.1, 0.15) is 18.4 Å². The molecule has 0 bridgehead atoms. The van der Waals surface area contributed by atoms with E-state index in [-0.39, 0.29) is 5.92 Å². The number of nitrogens with zero attached hydrogens (tertiary/aromatic N) is 2. The maximum absolute atomic E-state index is 12.5. The average Bonchev–Trinajstić information content (AvgIpc) is 2.57. The van der Waals surface area contributed by atoms with Crippen LogP contribution in [0.2, 0.25) is 0 Å². The highest BCUT2D eigenvalue weighted by atomic mass is 16.2. The lowest BCUT2D eigenvalue weighted by Crippen LogP contribution is -2.51. The second-order valence-corrected chi connectivity index (χ2v) is 6.13. The van der Waals surface area contributed by atoms with E-state index < -0.39 is 0 Å². The monoisotopic (exact) mass is 287 g/mol. The highest BCUT2D eigenvalue weighted by Gasteiger charge is 2.28. The predicted octanol–water partition coefficient (Wildman–Crippen LogP) is 1.33. The number of nitrogens with one attached hydrogen (secondary N) is 1. The van der Waals surface area contributed by atoms with Crippen LogP contribution >= 0.6 is 0 Å². The minimum atomic E-state index is 0.208. The first kappa shape index (κ1) is 14.5. The number of hydrogen-bond acceptors (Lipinski definition) is 3. The van der Waals surface area contributed by atoms with Gasteiger partial charge in [-0.05, 0) is 24.9 Å². The molecule has 2 aliphatic heterocycles. The van der Waals surface area contributed by atoms with E-state index in [1.807, 2.05) is 0 Å². The summed E-state index contributed by atoms with van der Waals surface area (Å²) in [5.41, 5.74) is 1.36. The molecule has 2 saturated heterocycles. The maximum Gasteiger partial charge on any atom is 0.227 e. The van der Waals surface area contributed by atoms with Gasteiger partial charge in [0.1, 0.15) is 0 Å². The number of rotatable bonds is 3. The third-order valence-electron chi connectivity index (χ3n) is 4.58. The van der Waals surface area contributed by atoms with Gasteiger partial charge in [0.25, 0.3) is 0 Å². The van der Waals surface area contributed by atoms with E-state index >= 15 is 0 Å². The summed E-state index contributed by atoms with van der Waals surface area (Å²) >= 11 is 0. The summed E-state index contributed by atoms with van der Waals surface area (Å²) in [4.78, 5) is 17.0.